The molecule has 4 rings (SSSR count). The summed E-state index contributed by atoms with van der Waals surface area (Å²) in [6.45, 7) is 4.20. The zero-order valence-corrected chi connectivity index (χ0v) is 14.3. The van der Waals surface area contributed by atoms with E-state index in [1.165, 1.54) is 21.2 Å². The number of aryl methyl sites for hydroxylation is 2. The summed E-state index contributed by atoms with van der Waals surface area (Å²) in [4.78, 5) is 10.9. The lowest BCUT2D eigenvalue weighted by molar-refractivity contribution is 1.19. The topological polar surface area (TPSA) is 50.2 Å². The summed E-state index contributed by atoms with van der Waals surface area (Å²) in [5.74, 6) is 0.748. The van der Waals surface area contributed by atoms with Crippen LogP contribution in [0.15, 0.2) is 53.9 Å². The van der Waals surface area contributed by atoms with Crippen molar-refractivity contribution in [3.63, 3.8) is 0 Å². The van der Waals surface area contributed by atoms with Crippen LogP contribution >= 0.6 is 11.3 Å². The molecular weight excluding hydrogens is 316 g/mol. The molecule has 0 bridgehead atoms. The Balaban J connectivity index is 1.69. The second-order valence-electron chi connectivity index (χ2n) is 5.62. The first-order valence-corrected chi connectivity index (χ1v) is 8.53. The van der Waals surface area contributed by atoms with E-state index >= 15 is 0 Å². The van der Waals surface area contributed by atoms with Crippen molar-refractivity contribution in [3.05, 3.63) is 64.8 Å². The van der Waals surface area contributed by atoms with Crippen molar-refractivity contribution in [1.82, 2.24) is 9.97 Å². The molecule has 2 aromatic heterocycles. The van der Waals surface area contributed by atoms with Gasteiger partial charge in [0.25, 0.3) is 0 Å². The third kappa shape index (κ3) is 2.53. The summed E-state index contributed by atoms with van der Waals surface area (Å²) in [6.07, 6.45) is 3.41. The predicted octanol–water partition coefficient (Wildman–Crippen LogP) is 4.91. The van der Waals surface area contributed by atoms with Crippen molar-refractivity contribution in [2.45, 2.75) is 13.8 Å². The molecule has 5 heteroatoms. The van der Waals surface area contributed by atoms with E-state index in [2.05, 4.69) is 58.6 Å². The first-order chi connectivity index (χ1) is 11.7. The SMILES string of the molecule is Cc1sc2ncnc(N/N=C/c3cccc4ccccc34)c2c1C. The molecule has 0 spiro atoms. The summed E-state index contributed by atoms with van der Waals surface area (Å²) in [5, 5.41) is 7.84. The number of aromatic nitrogens is 2. The van der Waals surface area contributed by atoms with Crippen LogP contribution < -0.4 is 5.43 Å². The number of fused-ring (bicyclic) bond motifs is 2. The van der Waals surface area contributed by atoms with Crippen molar-refractivity contribution in [3.8, 4) is 0 Å². The van der Waals surface area contributed by atoms with Crippen LogP contribution in [-0.2, 0) is 0 Å². The molecule has 0 atom stereocenters. The maximum absolute atomic E-state index is 4.40. The Morgan fingerprint density at radius 2 is 1.88 bits per heavy atom. The molecule has 0 radical (unpaired) electrons. The maximum atomic E-state index is 4.40. The van der Waals surface area contributed by atoms with Crippen molar-refractivity contribution < 1.29 is 0 Å². The first kappa shape index (κ1) is 14.8. The Morgan fingerprint density at radius 3 is 2.79 bits per heavy atom. The highest BCUT2D eigenvalue weighted by Crippen LogP contribution is 2.32. The number of nitrogens with zero attached hydrogens (tertiary/aromatic N) is 3. The molecule has 4 aromatic rings. The molecule has 24 heavy (non-hydrogen) atoms. The Hall–Kier alpha value is -2.79. The molecule has 0 aliphatic heterocycles. The molecule has 118 valence electrons. The number of rotatable bonds is 3. The van der Waals surface area contributed by atoms with E-state index in [-0.39, 0.29) is 0 Å². The number of hydrogen-bond donors (Lipinski definition) is 1. The quantitative estimate of drug-likeness (QED) is 0.428. The number of nitrogens with one attached hydrogen (secondary N) is 1. The molecule has 0 aliphatic rings. The van der Waals surface area contributed by atoms with Crippen molar-refractivity contribution >= 4 is 44.4 Å². The van der Waals surface area contributed by atoms with Gasteiger partial charge in [0.2, 0.25) is 0 Å². The molecule has 0 unspecified atom stereocenters. The number of hydrazone groups is 1. The second kappa shape index (κ2) is 6.02. The van der Waals surface area contributed by atoms with E-state index in [9.17, 15) is 0 Å². The van der Waals surface area contributed by atoms with E-state index in [0.717, 1.165) is 21.6 Å². The fourth-order valence-corrected chi connectivity index (χ4v) is 3.79. The van der Waals surface area contributed by atoms with Gasteiger partial charge < -0.3 is 0 Å². The van der Waals surface area contributed by atoms with E-state index in [4.69, 9.17) is 0 Å². The molecule has 2 heterocycles. The van der Waals surface area contributed by atoms with Gasteiger partial charge >= 0.3 is 0 Å². The molecule has 1 N–H and O–H groups in total. The normalized spacial score (nSPS) is 11.6. The van der Waals surface area contributed by atoms with Gasteiger partial charge in [0, 0.05) is 10.4 Å². The molecule has 0 saturated carbocycles. The Morgan fingerprint density at radius 1 is 1.04 bits per heavy atom. The lowest BCUT2D eigenvalue weighted by atomic mass is 10.1. The van der Waals surface area contributed by atoms with Crippen molar-refractivity contribution in [2.24, 2.45) is 5.10 Å². The van der Waals surface area contributed by atoms with Gasteiger partial charge in [-0.15, -0.1) is 11.3 Å². The minimum atomic E-state index is 0.748. The minimum Gasteiger partial charge on any atom is -0.261 e. The highest BCUT2D eigenvalue weighted by Gasteiger charge is 2.11. The van der Waals surface area contributed by atoms with Gasteiger partial charge in [-0.25, -0.2) is 9.97 Å². The summed E-state index contributed by atoms with van der Waals surface area (Å²) in [7, 11) is 0. The number of hydrogen-bond acceptors (Lipinski definition) is 5. The van der Waals surface area contributed by atoms with E-state index in [1.807, 2.05) is 24.4 Å². The lowest BCUT2D eigenvalue weighted by Gasteiger charge is -2.03. The summed E-state index contributed by atoms with van der Waals surface area (Å²) >= 11 is 1.68. The average Bonchev–Trinajstić information content (AvgIpc) is 2.90. The van der Waals surface area contributed by atoms with E-state index < -0.39 is 0 Å². The Labute approximate surface area is 143 Å². The predicted molar refractivity (Wildman–Crippen MR) is 102 cm³/mol. The number of benzene rings is 2. The average molecular weight is 332 g/mol. The third-order valence-corrected chi connectivity index (χ3v) is 5.28. The fraction of sp³-hybridized carbons (Fsp3) is 0.105. The number of thiophene rings is 1. The Kier molecular flexibility index (Phi) is 3.70. The molecule has 0 saturated heterocycles. The molecular formula is C19H16N4S. The van der Waals surface area contributed by atoms with E-state index in [0.29, 0.717) is 0 Å². The second-order valence-corrected chi connectivity index (χ2v) is 6.83. The van der Waals surface area contributed by atoms with Gasteiger partial charge in [-0.2, -0.15) is 5.10 Å². The zero-order chi connectivity index (χ0) is 16.5. The summed E-state index contributed by atoms with van der Waals surface area (Å²) in [5.41, 5.74) is 5.36. The van der Waals surface area contributed by atoms with Crippen molar-refractivity contribution in [2.75, 3.05) is 5.43 Å². The van der Waals surface area contributed by atoms with E-state index in [1.54, 1.807) is 17.7 Å². The molecule has 4 nitrogen and oxygen atoms in total. The molecule has 0 fully saturated rings. The third-order valence-electron chi connectivity index (χ3n) is 4.16. The largest absolute Gasteiger partial charge is 0.261 e. The van der Waals surface area contributed by atoms with Crippen LogP contribution in [0.3, 0.4) is 0 Å². The summed E-state index contributed by atoms with van der Waals surface area (Å²) < 4.78 is 0. The fourth-order valence-electron chi connectivity index (χ4n) is 2.79. The lowest BCUT2D eigenvalue weighted by Crippen LogP contribution is -1.96. The van der Waals surface area contributed by atoms with Crippen LogP contribution in [0.4, 0.5) is 5.82 Å². The highest BCUT2D eigenvalue weighted by atomic mass is 32.1. The smallest absolute Gasteiger partial charge is 0.158 e. The van der Waals surface area contributed by atoms with Crippen LogP contribution in [0.1, 0.15) is 16.0 Å². The van der Waals surface area contributed by atoms with Crippen LogP contribution in [0.2, 0.25) is 0 Å². The standard InChI is InChI=1S/C19H16N4S/c1-12-13(2)24-19-17(12)18(20-11-21-19)23-22-10-15-8-5-7-14-6-3-4-9-16(14)15/h3-11H,1-2H3,(H,20,21,23)/b22-10+. The molecule has 2 aromatic carbocycles. The van der Waals surface area contributed by atoms with Crippen LogP contribution in [-0.4, -0.2) is 16.2 Å². The molecule has 0 aliphatic carbocycles. The van der Waals surface area contributed by atoms with Gasteiger partial charge in [0.1, 0.15) is 11.2 Å². The Bertz CT molecular complexity index is 1060. The highest BCUT2D eigenvalue weighted by molar-refractivity contribution is 7.18. The van der Waals surface area contributed by atoms with Gasteiger partial charge in [-0.3, -0.25) is 5.43 Å². The minimum absolute atomic E-state index is 0.748. The van der Waals surface area contributed by atoms with Gasteiger partial charge in [0.05, 0.1) is 11.6 Å². The van der Waals surface area contributed by atoms with Crippen LogP contribution in [0.25, 0.3) is 21.0 Å². The maximum Gasteiger partial charge on any atom is 0.158 e. The van der Waals surface area contributed by atoms with Gasteiger partial charge in [-0.1, -0.05) is 42.5 Å². The summed E-state index contributed by atoms with van der Waals surface area (Å²) in [6, 6.07) is 14.5. The number of anilines is 1. The molecule has 0 amide bonds. The van der Waals surface area contributed by atoms with Crippen molar-refractivity contribution in [1.29, 1.82) is 0 Å². The first-order valence-electron chi connectivity index (χ1n) is 7.71. The monoisotopic (exact) mass is 332 g/mol. The van der Waals surface area contributed by atoms with Gasteiger partial charge in [0.15, 0.2) is 5.82 Å². The zero-order valence-electron chi connectivity index (χ0n) is 13.4. The van der Waals surface area contributed by atoms with Crippen LogP contribution in [0.5, 0.6) is 0 Å². The van der Waals surface area contributed by atoms with Gasteiger partial charge in [-0.05, 0) is 30.2 Å². The van der Waals surface area contributed by atoms with Crippen LogP contribution in [0, 0.1) is 13.8 Å².